The molecule has 1 aliphatic rings. The van der Waals surface area contributed by atoms with Crippen molar-refractivity contribution < 1.29 is 33.4 Å². The van der Waals surface area contributed by atoms with Gasteiger partial charge in [0.05, 0.1) is 30.2 Å². The van der Waals surface area contributed by atoms with Crippen LogP contribution in [0, 0.1) is 5.82 Å². The summed E-state index contributed by atoms with van der Waals surface area (Å²) in [6, 6.07) is 10.4. The van der Waals surface area contributed by atoms with Gasteiger partial charge in [0.25, 0.3) is 11.1 Å². The van der Waals surface area contributed by atoms with Crippen molar-refractivity contribution in [2.75, 3.05) is 18.1 Å². The van der Waals surface area contributed by atoms with Crippen LogP contribution in [0.1, 0.15) is 18.9 Å². The van der Waals surface area contributed by atoms with Gasteiger partial charge in [0, 0.05) is 0 Å². The molecular formula is C21H18FNO6S. The van der Waals surface area contributed by atoms with E-state index in [0.717, 1.165) is 4.90 Å². The Balaban J connectivity index is 1.84. The number of halogens is 1. The number of carboxylic acids is 1. The highest BCUT2D eigenvalue weighted by Crippen LogP contribution is 2.37. The van der Waals surface area contributed by atoms with Gasteiger partial charge in [-0.3, -0.25) is 14.4 Å². The minimum Gasteiger partial charge on any atom is -0.490 e. The van der Waals surface area contributed by atoms with Gasteiger partial charge >= 0.3 is 5.97 Å². The fourth-order valence-electron chi connectivity index (χ4n) is 2.71. The topological polar surface area (TPSA) is 93.1 Å². The molecule has 2 amide bonds. The van der Waals surface area contributed by atoms with Gasteiger partial charge in [0.15, 0.2) is 11.5 Å². The van der Waals surface area contributed by atoms with Crippen LogP contribution in [-0.4, -0.2) is 35.4 Å². The first-order chi connectivity index (χ1) is 14.4. The van der Waals surface area contributed by atoms with Crippen LogP contribution < -0.4 is 14.4 Å². The maximum absolute atomic E-state index is 14.0. The van der Waals surface area contributed by atoms with Crippen LogP contribution in [0.3, 0.4) is 0 Å². The molecule has 9 heteroatoms. The largest absolute Gasteiger partial charge is 0.490 e. The zero-order chi connectivity index (χ0) is 21.7. The second-order valence-electron chi connectivity index (χ2n) is 6.10. The van der Waals surface area contributed by atoms with E-state index in [0.29, 0.717) is 35.4 Å². The van der Waals surface area contributed by atoms with Crippen LogP contribution in [0.25, 0.3) is 6.08 Å². The molecule has 0 unspecified atom stereocenters. The summed E-state index contributed by atoms with van der Waals surface area (Å²) in [5, 5.41) is 8.14. The molecule has 7 nitrogen and oxygen atoms in total. The molecule has 0 aromatic heterocycles. The smallest absolute Gasteiger partial charge is 0.306 e. The molecule has 1 N–H and O–H groups in total. The number of hydrogen-bond donors (Lipinski definition) is 1. The second kappa shape index (κ2) is 9.45. The summed E-state index contributed by atoms with van der Waals surface area (Å²) >= 11 is 0.715. The molecule has 30 heavy (non-hydrogen) atoms. The Morgan fingerprint density at radius 1 is 1.17 bits per heavy atom. The van der Waals surface area contributed by atoms with Gasteiger partial charge in [0.1, 0.15) is 5.82 Å². The Kier molecular flexibility index (Phi) is 6.73. The van der Waals surface area contributed by atoms with Gasteiger partial charge in [-0.25, -0.2) is 9.29 Å². The number of carboxylic acid groups (broad SMARTS) is 1. The molecule has 1 aliphatic heterocycles. The van der Waals surface area contributed by atoms with E-state index in [-0.39, 0.29) is 23.6 Å². The molecule has 0 saturated carbocycles. The Bertz CT molecular complexity index is 1020. The van der Waals surface area contributed by atoms with E-state index in [9.17, 15) is 18.8 Å². The molecule has 156 valence electrons. The van der Waals surface area contributed by atoms with Crippen molar-refractivity contribution >= 4 is 40.6 Å². The van der Waals surface area contributed by atoms with Gasteiger partial charge in [-0.05, 0) is 54.6 Å². The van der Waals surface area contributed by atoms with Gasteiger partial charge in [-0.1, -0.05) is 18.2 Å². The highest BCUT2D eigenvalue weighted by Gasteiger charge is 2.37. The number of thioether (sulfide) groups is 1. The van der Waals surface area contributed by atoms with Crippen molar-refractivity contribution in [1.82, 2.24) is 0 Å². The van der Waals surface area contributed by atoms with E-state index in [1.807, 2.05) is 0 Å². The van der Waals surface area contributed by atoms with Crippen LogP contribution in [-0.2, 0) is 9.59 Å². The van der Waals surface area contributed by atoms with E-state index in [4.69, 9.17) is 14.6 Å². The minimum atomic E-state index is -0.977. The summed E-state index contributed by atoms with van der Waals surface area (Å²) in [5.74, 6) is -1.51. The first-order valence-electron chi connectivity index (χ1n) is 9.04. The highest BCUT2D eigenvalue weighted by atomic mass is 32.2. The van der Waals surface area contributed by atoms with Crippen molar-refractivity contribution in [2.24, 2.45) is 0 Å². The molecule has 3 rings (SSSR count). The number of amides is 2. The molecule has 0 atom stereocenters. The maximum Gasteiger partial charge on any atom is 0.306 e. The fourth-order valence-corrected chi connectivity index (χ4v) is 3.54. The quantitative estimate of drug-likeness (QED) is 0.622. The number of imide groups is 1. The van der Waals surface area contributed by atoms with E-state index < -0.39 is 22.9 Å². The van der Waals surface area contributed by atoms with Crippen LogP contribution in [0.5, 0.6) is 11.5 Å². The van der Waals surface area contributed by atoms with Gasteiger partial charge in [-0.15, -0.1) is 0 Å². The predicted molar refractivity (Wildman–Crippen MR) is 110 cm³/mol. The van der Waals surface area contributed by atoms with Gasteiger partial charge in [0.2, 0.25) is 0 Å². The van der Waals surface area contributed by atoms with Crippen molar-refractivity contribution in [3.8, 4) is 11.5 Å². The SMILES string of the molecule is CCOc1cc(/C=C2/SC(=O)N(c3ccccc3F)C2=O)ccc1OCCC(=O)O. The standard InChI is InChI=1S/C21H18FNO6S/c1-2-28-17-11-13(7-8-16(17)29-10-9-19(24)25)12-18-20(26)23(21(27)30-18)15-6-4-3-5-14(15)22/h3-8,11-12H,2,9-10H2,1H3,(H,24,25)/b18-12+. The zero-order valence-corrected chi connectivity index (χ0v) is 16.8. The lowest BCUT2D eigenvalue weighted by Crippen LogP contribution is -2.28. The van der Waals surface area contributed by atoms with Crippen LogP contribution >= 0.6 is 11.8 Å². The average Bonchev–Trinajstić information content (AvgIpc) is 2.97. The third-order valence-electron chi connectivity index (χ3n) is 4.03. The number of carbonyl (C=O) groups is 3. The van der Waals surface area contributed by atoms with Crippen LogP contribution in [0.4, 0.5) is 14.9 Å². The molecule has 2 aromatic rings. The normalized spacial score (nSPS) is 15.0. The summed E-state index contributed by atoms with van der Waals surface area (Å²) in [5.41, 5.74) is 0.476. The summed E-state index contributed by atoms with van der Waals surface area (Å²) in [6.07, 6.45) is 1.35. The average molecular weight is 431 g/mol. The molecule has 1 fully saturated rings. The third kappa shape index (κ3) is 4.80. The molecule has 0 aliphatic carbocycles. The maximum atomic E-state index is 14.0. The zero-order valence-electron chi connectivity index (χ0n) is 16.0. The molecule has 0 bridgehead atoms. The number of aliphatic carboxylic acids is 1. The second-order valence-corrected chi connectivity index (χ2v) is 7.09. The van der Waals surface area contributed by atoms with Crippen molar-refractivity contribution in [2.45, 2.75) is 13.3 Å². The van der Waals surface area contributed by atoms with Crippen molar-refractivity contribution in [3.63, 3.8) is 0 Å². The van der Waals surface area contributed by atoms with Crippen LogP contribution in [0.15, 0.2) is 47.4 Å². The lowest BCUT2D eigenvalue weighted by Gasteiger charge is -2.13. The molecular weight excluding hydrogens is 413 g/mol. The first kappa shape index (κ1) is 21.4. The molecule has 0 radical (unpaired) electrons. The summed E-state index contributed by atoms with van der Waals surface area (Å²) < 4.78 is 25.0. The Morgan fingerprint density at radius 2 is 1.93 bits per heavy atom. The lowest BCUT2D eigenvalue weighted by atomic mass is 10.1. The van der Waals surface area contributed by atoms with Gasteiger partial charge in [-0.2, -0.15) is 0 Å². The fraction of sp³-hybridized carbons (Fsp3) is 0.190. The number of carbonyl (C=O) groups excluding carboxylic acids is 2. The molecule has 2 aromatic carbocycles. The number of para-hydroxylation sites is 1. The van der Waals surface area contributed by atoms with Crippen molar-refractivity contribution in [3.05, 3.63) is 58.8 Å². The predicted octanol–water partition coefficient (Wildman–Crippen LogP) is 4.32. The summed E-state index contributed by atoms with van der Waals surface area (Å²) in [4.78, 5) is 36.6. The monoisotopic (exact) mass is 431 g/mol. The van der Waals surface area contributed by atoms with E-state index >= 15 is 0 Å². The Morgan fingerprint density at radius 3 is 2.63 bits per heavy atom. The van der Waals surface area contributed by atoms with Gasteiger partial charge < -0.3 is 14.6 Å². The van der Waals surface area contributed by atoms with Crippen LogP contribution in [0.2, 0.25) is 0 Å². The van der Waals surface area contributed by atoms with E-state index in [1.54, 1.807) is 31.2 Å². The summed E-state index contributed by atoms with van der Waals surface area (Å²) in [7, 11) is 0. The third-order valence-corrected chi connectivity index (χ3v) is 4.90. The number of ether oxygens (including phenoxy) is 2. The van der Waals surface area contributed by atoms with Crippen molar-refractivity contribution in [1.29, 1.82) is 0 Å². The Hall–Kier alpha value is -3.33. The summed E-state index contributed by atoms with van der Waals surface area (Å²) in [6.45, 7) is 2.12. The minimum absolute atomic E-state index is 0.0176. The lowest BCUT2D eigenvalue weighted by molar-refractivity contribution is -0.137. The Labute approximate surface area is 176 Å². The highest BCUT2D eigenvalue weighted by molar-refractivity contribution is 8.19. The molecule has 0 spiro atoms. The number of benzene rings is 2. The number of nitrogens with zero attached hydrogens (tertiary/aromatic N) is 1. The number of hydrogen-bond acceptors (Lipinski definition) is 6. The number of anilines is 1. The first-order valence-corrected chi connectivity index (χ1v) is 9.86. The van der Waals surface area contributed by atoms with E-state index in [2.05, 4.69) is 0 Å². The molecule has 1 saturated heterocycles. The van der Waals surface area contributed by atoms with E-state index in [1.165, 1.54) is 24.3 Å². The molecule has 1 heterocycles. The number of rotatable bonds is 8.